The number of aromatic nitrogens is 6. The van der Waals surface area contributed by atoms with E-state index in [0.29, 0.717) is 22.3 Å². The topological polar surface area (TPSA) is 77.3 Å². The Morgan fingerprint density at radius 2 is 0.556 bits per heavy atom. The Morgan fingerprint density at radius 3 is 0.963 bits per heavy atom. The van der Waals surface area contributed by atoms with Crippen molar-refractivity contribution in [2.24, 2.45) is 0 Å². The van der Waals surface area contributed by atoms with Gasteiger partial charge >= 0.3 is 0 Å². The molecular formula is C48H32N6. The van der Waals surface area contributed by atoms with Crippen LogP contribution >= 0.6 is 0 Å². The van der Waals surface area contributed by atoms with Crippen molar-refractivity contribution in [1.82, 2.24) is 29.9 Å². The van der Waals surface area contributed by atoms with Gasteiger partial charge in [0.15, 0.2) is 34.9 Å². The van der Waals surface area contributed by atoms with Crippen molar-refractivity contribution in [3.8, 4) is 90.6 Å². The van der Waals surface area contributed by atoms with Gasteiger partial charge in [-0.05, 0) is 40.4 Å². The van der Waals surface area contributed by atoms with Crippen LogP contribution in [0, 0.1) is 0 Å². The molecule has 254 valence electrons. The highest BCUT2D eigenvalue weighted by molar-refractivity contribution is 5.77. The van der Waals surface area contributed by atoms with Crippen LogP contribution in [0.4, 0.5) is 0 Å². The zero-order chi connectivity index (χ0) is 43.1. The molecule has 7 aromatic carbocycles. The Kier molecular flexibility index (Phi) is 6.70. The summed E-state index contributed by atoms with van der Waals surface area (Å²) in [5.41, 5.74) is 3.16. The Bertz CT molecular complexity index is 3100. The summed E-state index contributed by atoms with van der Waals surface area (Å²) in [6.07, 6.45) is 0. The van der Waals surface area contributed by atoms with E-state index in [1.165, 1.54) is 0 Å². The Hall–Kier alpha value is -7.44. The molecule has 0 unspecified atom stereocenters. The lowest BCUT2D eigenvalue weighted by Crippen LogP contribution is -2.00. The van der Waals surface area contributed by atoms with Gasteiger partial charge in [0, 0.05) is 33.4 Å². The van der Waals surface area contributed by atoms with Gasteiger partial charge < -0.3 is 0 Å². The maximum atomic E-state index is 9.64. The maximum absolute atomic E-state index is 9.64. The molecule has 0 aliphatic heterocycles. The molecule has 0 atom stereocenters. The van der Waals surface area contributed by atoms with Crippen LogP contribution < -0.4 is 0 Å². The molecule has 0 aliphatic rings. The van der Waals surface area contributed by atoms with Crippen LogP contribution in [0.25, 0.3) is 90.6 Å². The first kappa shape index (κ1) is 24.7. The molecule has 0 radical (unpaired) electrons. The molecule has 6 heteroatoms. The zero-order valence-corrected chi connectivity index (χ0v) is 28.5. The SMILES string of the molecule is [2H]c1c([2H])c(-c2nc(-c3ccccc3)nc(-c3ccccc3)n2)c([2H])c(-c2c([2H])c([2H])c([2H])c(-c3nc(-c4ccccc4)nc(-c4cccc(-c5ccccc5)c4)n3)c2[2H])c1[2H]. The highest BCUT2D eigenvalue weighted by Gasteiger charge is 2.16. The monoisotopic (exact) mass is 700 g/mol. The minimum atomic E-state index is -0.618. The van der Waals surface area contributed by atoms with Crippen LogP contribution in [0.3, 0.4) is 0 Å². The number of hydrogen-bond donors (Lipinski definition) is 0. The normalized spacial score (nSPS) is 13.0. The van der Waals surface area contributed by atoms with E-state index in [-0.39, 0.29) is 57.2 Å². The second kappa shape index (κ2) is 14.7. The van der Waals surface area contributed by atoms with Crippen molar-refractivity contribution < 1.29 is 11.0 Å². The van der Waals surface area contributed by atoms with E-state index in [1.54, 1.807) is 24.3 Å². The fourth-order valence-corrected chi connectivity index (χ4v) is 5.88. The summed E-state index contributed by atoms with van der Waals surface area (Å²) in [6, 6.07) is 40.2. The predicted octanol–water partition coefficient (Wildman–Crippen LogP) is 11.4. The van der Waals surface area contributed by atoms with Crippen LogP contribution in [0.2, 0.25) is 0 Å². The van der Waals surface area contributed by atoms with Gasteiger partial charge in [-0.15, -0.1) is 0 Å². The molecule has 2 aromatic heterocycles. The third kappa shape index (κ3) is 6.92. The van der Waals surface area contributed by atoms with Gasteiger partial charge in [-0.3, -0.25) is 0 Å². The van der Waals surface area contributed by atoms with Crippen LogP contribution in [0.1, 0.15) is 11.0 Å². The molecule has 0 spiro atoms. The number of nitrogens with zero attached hydrogens (tertiary/aromatic N) is 6. The minimum Gasteiger partial charge on any atom is -0.208 e. The molecule has 0 N–H and O–H groups in total. The van der Waals surface area contributed by atoms with Crippen LogP contribution in [-0.4, -0.2) is 29.9 Å². The van der Waals surface area contributed by atoms with Gasteiger partial charge in [-0.1, -0.05) is 176 Å². The van der Waals surface area contributed by atoms with Gasteiger partial charge in [0.25, 0.3) is 0 Å². The van der Waals surface area contributed by atoms with Gasteiger partial charge in [0.05, 0.1) is 11.0 Å². The fourth-order valence-electron chi connectivity index (χ4n) is 5.88. The fraction of sp³-hybridized carbons (Fsp3) is 0. The average molecular weight is 701 g/mol. The highest BCUT2D eigenvalue weighted by Crippen LogP contribution is 2.32. The number of benzene rings is 7. The molecule has 9 rings (SSSR count). The highest BCUT2D eigenvalue weighted by atomic mass is 15.0. The lowest BCUT2D eigenvalue weighted by molar-refractivity contribution is 1.07. The molecule has 2 heterocycles. The van der Waals surface area contributed by atoms with Crippen molar-refractivity contribution in [1.29, 1.82) is 0 Å². The molecule has 0 saturated heterocycles. The quantitative estimate of drug-likeness (QED) is 0.157. The van der Waals surface area contributed by atoms with E-state index in [2.05, 4.69) is 9.97 Å². The van der Waals surface area contributed by atoms with Gasteiger partial charge in [-0.25, -0.2) is 29.9 Å². The van der Waals surface area contributed by atoms with E-state index >= 15 is 0 Å². The van der Waals surface area contributed by atoms with Crippen molar-refractivity contribution in [3.05, 3.63) is 194 Å². The summed E-state index contributed by atoms with van der Waals surface area (Å²) in [5.74, 6) is 0.666. The van der Waals surface area contributed by atoms with E-state index < -0.39 is 48.3 Å². The molecule has 9 aromatic rings. The smallest absolute Gasteiger partial charge is 0.164 e. The first-order valence-electron chi connectivity index (χ1n) is 21.1. The lowest BCUT2D eigenvalue weighted by atomic mass is 10.00. The first-order valence-corrected chi connectivity index (χ1v) is 17.1. The van der Waals surface area contributed by atoms with Crippen molar-refractivity contribution in [2.75, 3.05) is 0 Å². The molecule has 0 amide bonds. The third-order valence-corrected chi connectivity index (χ3v) is 8.54. The Balaban J connectivity index is 1.28. The maximum Gasteiger partial charge on any atom is 0.164 e. The van der Waals surface area contributed by atoms with E-state index in [9.17, 15) is 2.74 Å². The third-order valence-electron chi connectivity index (χ3n) is 8.54. The van der Waals surface area contributed by atoms with Crippen molar-refractivity contribution in [3.63, 3.8) is 0 Å². The van der Waals surface area contributed by atoms with Gasteiger partial charge in [0.2, 0.25) is 0 Å². The Morgan fingerprint density at radius 1 is 0.259 bits per heavy atom. The zero-order valence-electron chi connectivity index (χ0n) is 36.5. The summed E-state index contributed by atoms with van der Waals surface area (Å²) >= 11 is 0. The lowest BCUT2D eigenvalue weighted by Gasteiger charge is -2.11. The van der Waals surface area contributed by atoms with E-state index in [0.717, 1.165) is 11.1 Å². The van der Waals surface area contributed by atoms with Crippen molar-refractivity contribution >= 4 is 0 Å². The van der Waals surface area contributed by atoms with Gasteiger partial charge in [0.1, 0.15) is 0 Å². The van der Waals surface area contributed by atoms with E-state index in [1.807, 2.05) is 121 Å². The molecule has 0 saturated carbocycles. The molecule has 54 heavy (non-hydrogen) atoms. The minimum absolute atomic E-state index is 0.128. The second-order valence-electron chi connectivity index (χ2n) is 12.2. The summed E-state index contributed by atoms with van der Waals surface area (Å²) in [6.45, 7) is 0. The standard InChI is InChI=1S/C48H32N6/c1-5-16-33(17-6-1)37-24-13-27-40(30-37)47-52-45(36-22-11-4-12-23-36)53-48(54-47)42-29-15-26-39(32-42)38-25-14-28-41(31-38)46-50-43(34-18-7-2-8-19-34)49-44(51-46)35-20-9-3-10-21-35/h1-32H/i14D,15D,25D,26D,28D,29D,31D,32D. The largest absolute Gasteiger partial charge is 0.208 e. The number of rotatable bonds is 8. The van der Waals surface area contributed by atoms with Crippen LogP contribution in [0.15, 0.2) is 194 Å². The molecular weight excluding hydrogens is 661 g/mol. The summed E-state index contributed by atoms with van der Waals surface area (Å²) < 4.78 is 73.6. The Labute approximate surface area is 324 Å². The van der Waals surface area contributed by atoms with Crippen molar-refractivity contribution in [2.45, 2.75) is 0 Å². The summed E-state index contributed by atoms with van der Waals surface area (Å²) in [5, 5.41) is 0. The molecule has 0 fully saturated rings. The molecule has 6 nitrogen and oxygen atoms in total. The number of hydrogen-bond acceptors (Lipinski definition) is 6. The summed E-state index contributed by atoms with van der Waals surface area (Å²) in [7, 11) is 0. The summed E-state index contributed by atoms with van der Waals surface area (Å²) in [4.78, 5) is 28.4. The van der Waals surface area contributed by atoms with Crippen LogP contribution in [-0.2, 0) is 0 Å². The van der Waals surface area contributed by atoms with Crippen LogP contribution in [0.5, 0.6) is 0 Å². The van der Waals surface area contributed by atoms with Gasteiger partial charge in [-0.2, -0.15) is 0 Å². The molecule has 0 aliphatic carbocycles. The predicted molar refractivity (Wildman–Crippen MR) is 217 cm³/mol. The average Bonchev–Trinajstić information content (AvgIpc) is 3.32. The second-order valence-corrected chi connectivity index (χ2v) is 12.2. The first-order chi connectivity index (χ1) is 30.1. The van der Waals surface area contributed by atoms with E-state index in [4.69, 9.17) is 28.2 Å². The molecule has 0 bridgehead atoms.